The van der Waals surface area contributed by atoms with Crippen LogP contribution < -0.4 is 10.1 Å². The lowest BCUT2D eigenvalue weighted by Gasteiger charge is -2.21. The first kappa shape index (κ1) is 20.7. The van der Waals surface area contributed by atoms with Crippen LogP contribution in [0.1, 0.15) is 32.8 Å². The summed E-state index contributed by atoms with van der Waals surface area (Å²) in [6, 6.07) is 7.33. The second kappa shape index (κ2) is 9.39. The molecule has 1 fully saturated rings. The molecule has 1 aromatic rings. The van der Waals surface area contributed by atoms with E-state index in [0.717, 1.165) is 11.3 Å². The molecule has 0 aromatic heterocycles. The Morgan fingerprint density at radius 1 is 1.30 bits per heavy atom. The fourth-order valence-corrected chi connectivity index (χ4v) is 3.19. The van der Waals surface area contributed by atoms with Gasteiger partial charge in [-0.15, -0.1) is 0 Å². The number of benzene rings is 1. The molecule has 0 bridgehead atoms. The van der Waals surface area contributed by atoms with Crippen LogP contribution >= 0.6 is 0 Å². The van der Waals surface area contributed by atoms with Crippen molar-refractivity contribution < 1.29 is 24.2 Å². The summed E-state index contributed by atoms with van der Waals surface area (Å²) >= 11 is 0. The molecule has 2 amide bonds. The van der Waals surface area contributed by atoms with Gasteiger partial charge < -0.3 is 20.1 Å². The maximum Gasteiger partial charge on any atom is 0.308 e. The molecule has 0 aliphatic carbocycles. The number of hydrogen-bond donors (Lipinski definition) is 2. The van der Waals surface area contributed by atoms with E-state index < -0.39 is 17.8 Å². The molecular formula is C20H28N2O5. The third kappa shape index (κ3) is 5.70. The van der Waals surface area contributed by atoms with Gasteiger partial charge in [0.25, 0.3) is 0 Å². The van der Waals surface area contributed by atoms with Crippen LogP contribution in [0.15, 0.2) is 24.3 Å². The van der Waals surface area contributed by atoms with Crippen molar-refractivity contribution in [1.29, 1.82) is 0 Å². The summed E-state index contributed by atoms with van der Waals surface area (Å²) in [6.45, 7) is 6.72. The maximum atomic E-state index is 12.4. The van der Waals surface area contributed by atoms with E-state index in [1.165, 1.54) is 0 Å². The normalized spacial score (nSPS) is 17.9. The van der Waals surface area contributed by atoms with Crippen LogP contribution in [0.4, 0.5) is 0 Å². The number of hydrogen-bond acceptors (Lipinski definition) is 4. The van der Waals surface area contributed by atoms with Gasteiger partial charge in [0.05, 0.1) is 18.4 Å². The third-order valence-corrected chi connectivity index (χ3v) is 4.74. The van der Waals surface area contributed by atoms with Crippen LogP contribution in [-0.4, -0.2) is 53.5 Å². The Balaban J connectivity index is 1.90. The molecular weight excluding hydrogens is 348 g/mol. The molecule has 7 nitrogen and oxygen atoms in total. The second-order valence-electron chi connectivity index (χ2n) is 7.10. The number of nitrogens with zero attached hydrogens (tertiary/aromatic N) is 1. The van der Waals surface area contributed by atoms with Gasteiger partial charge in [0.2, 0.25) is 11.8 Å². The van der Waals surface area contributed by atoms with Crippen molar-refractivity contribution in [2.45, 2.75) is 39.7 Å². The lowest BCUT2D eigenvalue weighted by molar-refractivity contribution is -0.141. The monoisotopic (exact) mass is 376 g/mol. The molecule has 0 saturated carbocycles. The highest BCUT2D eigenvalue weighted by Gasteiger charge is 2.35. The Kier molecular flexibility index (Phi) is 7.21. The lowest BCUT2D eigenvalue weighted by atomic mass is 9.98. The van der Waals surface area contributed by atoms with Gasteiger partial charge in [0.15, 0.2) is 0 Å². The van der Waals surface area contributed by atoms with Crippen molar-refractivity contribution >= 4 is 17.8 Å². The molecule has 1 aliphatic heterocycles. The van der Waals surface area contributed by atoms with Crippen molar-refractivity contribution in [3.63, 3.8) is 0 Å². The van der Waals surface area contributed by atoms with E-state index in [2.05, 4.69) is 5.32 Å². The zero-order valence-electron chi connectivity index (χ0n) is 16.1. The number of carbonyl (C=O) groups is 3. The number of nitrogens with one attached hydrogen (secondary N) is 1. The predicted molar refractivity (Wildman–Crippen MR) is 100 cm³/mol. The molecule has 0 unspecified atom stereocenters. The van der Waals surface area contributed by atoms with E-state index in [-0.39, 0.29) is 30.8 Å². The van der Waals surface area contributed by atoms with Gasteiger partial charge >= 0.3 is 5.97 Å². The molecule has 2 N–H and O–H groups in total. The van der Waals surface area contributed by atoms with Crippen LogP contribution in [0.2, 0.25) is 0 Å². The van der Waals surface area contributed by atoms with Gasteiger partial charge in [0, 0.05) is 25.6 Å². The SMILES string of the molecule is CCOc1ccc(C[C@H](CNC(=O)[C@H]2CC(=O)N(C(C)C)C2)C(=O)O)cc1. The topological polar surface area (TPSA) is 95.9 Å². The highest BCUT2D eigenvalue weighted by Crippen LogP contribution is 2.20. The zero-order valence-corrected chi connectivity index (χ0v) is 16.1. The Morgan fingerprint density at radius 3 is 2.48 bits per heavy atom. The average molecular weight is 376 g/mol. The van der Waals surface area contributed by atoms with Crippen LogP contribution in [0.5, 0.6) is 5.75 Å². The van der Waals surface area contributed by atoms with Gasteiger partial charge in [-0.2, -0.15) is 0 Å². The van der Waals surface area contributed by atoms with Crippen molar-refractivity contribution in [2.24, 2.45) is 11.8 Å². The summed E-state index contributed by atoms with van der Waals surface area (Å²) in [5.74, 6) is -1.67. The fourth-order valence-electron chi connectivity index (χ4n) is 3.19. The molecule has 1 aliphatic rings. The van der Waals surface area contributed by atoms with Gasteiger partial charge in [-0.1, -0.05) is 12.1 Å². The summed E-state index contributed by atoms with van der Waals surface area (Å²) in [5.41, 5.74) is 0.863. The summed E-state index contributed by atoms with van der Waals surface area (Å²) in [5, 5.41) is 12.2. The first-order chi connectivity index (χ1) is 12.8. The molecule has 148 valence electrons. The van der Waals surface area contributed by atoms with E-state index in [1.807, 2.05) is 32.9 Å². The van der Waals surface area contributed by atoms with Crippen LogP contribution in [0.3, 0.4) is 0 Å². The van der Waals surface area contributed by atoms with Crippen molar-refractivity contribution in [3.05, 3.63) is 29.8 Å². The smallest absolute Gasteiger partial charge is 0.308 e. The molecule has 0 spiro atoms. The Bertz CT molecular complexity index is 671. The minimum absolute atomic E-state index is 0.0330. The van der Waals surface area contributed by atoms with Crippen molar-refractivity contribution in [2.75, 3.05) is 19.7 Å². The van der Waals surface area contributed by atoms with E-state index in [9.17, 15) is 19.5 Å². The van der Waals surface area contributed by atoms with Gasteiger partial charge in [-0.25, -0.2) is 0 Å². The summed E-state index contributed by atoms with van der Waals surface area (Å²) in [6.07, 6.45) is 0.490. The molecule has 7 heteroatoms. The molecule has 2 rings (SSSR count). The fraction of sp³-hybridized carbons (Fsp3) is 0.550. The second-order valence-corrected chi connectivity index (χ2v) is 7.10. The number of likely N-dealkylation sites (tertiary alicyclic amines) is 1. The quantitative estimate of drug-likeness (QED) is 0.684. The average Bonchev–Trinajstić information content (AvgIpc) is 3.02. The van der Waals surface area contributed by atoms with E-state index in [0.29, 0.717) is 19.6 Å². The van der Waals surface area contributed by atoms with Crippen LogP contribution in [0, 0.1) is 11.8 Å². The molecule has 1 aromatic carbocycles. The summed E-state index contributed by atoms with van der Waals surface area (Å²) in [7, 11) is 0. The number of carboxylic acids is 1. The van der Waals surface area contributed by atoms with Crippen molar-refractivity contribution in [3.8, 4) is 5.75 Å². The Morgan fingerprint density at radius 2 is 1.96 bits per heavy atom. The largest absolute Gasteiger partial charge is 0.494 e. The summed E-state index contributed by atoms with van der Waals surface area (Å²) < 4.78 is 5.38. The highest BCUT2D eigenvalue weighted by molar-refractivity contribution is 5.89. The number of amides is 2. The maximum absolute atomic E-state index is 12.4. The molecule has 1 heterocycles. The summed E-state index contributed by atoms with van der Waals surface area (Å²) in [4.78, 5) is 37.5. The molecule has 27 heavy (non-hydrogen) atoms. The van der Waals surface area contributed by atoms with E-state index in [1.54, 1.807) is 17.0 Å². The predicted octanol–water partition coefficient (Wildman–Crippen LogP) is 1.70. The number of carbonyl (C=O) groups excluding carboxylic acids is 2. The number of aliphatic carboxylic acids is 1. The molecule has 2 atom stereocenters. The van der Waals surface area contributed by atoms with Gasteiger partial charge in [0.1, 0.15) is 5.75 Å². The van der Waals surface area contributed by atoms with Gasteiger partial charge in [-0.05, 0) is 44.9 Å². The van der Waals surface area contributed by atoms with Crippen LogP contribution in [0.25, 0.3) is 0 Å². The van der Waals surface area contributed by atoms with Gasteiger partial charge in [-0.3, -0.25) is 14.4 Å². The number of carboxylic acid groups (broad SMARTS) is 1. The zero-order chi connectivity index (χ0) is 20.0. The molecule has 1 saturated heterocycles. The highest BCUT2D eigenvalue weighted by atomic mass is 16.5. The standard InChI is InChI=1S/C20H28N2O5/c1-4-27-17-7-5-14(6-8-17)9-15(20(25)26)11-21-19(24)16-10-18(23)22(12-16)13(2)3/h5-8,13,15-16H,4,9-12H2,1-3H3,(H,21,24)(H,25,26)/t15-,16+/m1/s1. The first-order valence-electron chi connectivity index (χ1n) is 9.33. The third-order valence-electron chi connectivity index (χ3n) is 4.74. The molecule has 0 radical (unpaired) electrons. The number of ether oxygens (including phenoxy) is 1. The van der Waals surface area contributed by atoms with Crippen molar-refractivity contribution in [1.82, 2.24) is 10.2 Å². The number of rotatable bonds is 9. The minimum Gasteiger partial charge on any atom is -0.494 e. The lowest BCUT2D eigenvalue weighted by Crippen LogP contribution is -2.39. The minimum atomic E-state index is -0.963. The first-order valence-corrected chi connectivity index (χ1v) is 9.33. The Labute approximate surface area is 159 Å². The van der Waals surface area contributed by atoms with E-state index >= 15 is 0 Å². The van der Waals surface area contributed by atoms with Crippen LogP contribution in [-0.2, 0) is 20.8 Å². The van der Waals surface area contributed by atoms with E-state index in [4.69, 9.17) is 4.74 Å². The Hall–Kier alpha value is -2.57.